The molecule has 0 aliphatic rings. The highest BCUT2D eigenvalue weighted by molar-refractivity contribution is 5.99. The van der Waals surface area contributed by atoms with Gasteiger partial charge in [0.25, 0.3) is 0 Å². The Labute approximate surface area is 322 Å². The predicted octanol–water partition coefficient (Wildman–Crippen LogP) is 11.3. The summed E-state index contributed by atoms with van der Waals surface area (Å²) in [5.41, 5.74) is 14.0. The van der Waals surface area contributed by atoms with Crippen molar-refractivity contribution in [1.82, 2.24) is 4.98 Å². The van der Waals surface area contributed by atoms with Gasteiger partial charge in [-0.2, -0.15) is 0 Å². The quantitative estimate of drug-likeness (QED) is 0.134. The molecular formula is C47H56N2O5. The van der Waals surface area contributed by atoms with Gasteiger partial charge in [-0.1, -0.05) is 71.9 Å². The highest BCUT2D eigenvalue weighted by Crippen LogP contribution is 2.29. The van der Waals surface area contributed by atoms with Crippen LogP contribution in [0.25, 0.3) is 12.2 Å². The third-order valence-corrected chi connectivity index (χ3v) is 8.78. The number of aromatic nitrogens is 1. The van der Waals surface area contributed by atoms with Crippen LogP contribution in [0.2, 0.25) is 0 Å². The number of carboxylic acids is 1. The molecule has 3 rings (SSSR count). The maximum Gasteiger partial charge on any atom is 0.328 e. The number of allylic oxidation sites excluding steroid dienone is 12. The summed E-state index contributed by atoms with van der Waals surface area (Å²) in [5.74, 6) is 0.744. The molecule has 0 saturated carbocycles. The van der Waals surface area contributed by atoms with Gasteiger partial charge in [0.15, 0.2) is 0 Å². The maximum atomic E-state index is 12.0. The molecule has 3 aromatic rings. The van der Waals surface area contributed by atoms with E-state index in [1.165, 1.54) is 39.5 Å². The van der Waals surface area contributed by atoms with Crippen molar-refractivity contribution < 1.29 is 24.2 Å². The fourth-order valence-electron chi connectivity index (χ4n) is 5.42. The molecule has 7 nitrogen and oxygen atoms in total. The van der Waals surface area contributed by atoms with Gasteiger partial charge < -0.3 is 19.9 Å². The minimum atomic E-state index is -0.932. The van der Waals surface area contributed by atoms with E-state index in [0.717, 1.165) is 45.0 Å². The molecule has 1 heterocycles. The Morgan fingerprint density at radius 3 is 1.46 bits per heavy atom. The molecule has 0 atom stereocenters. The Kier molecular flexibility index (Phi) is 18.2. The van der Waals surface area contributed by atoms with Crippen molar-refractivity contribution in [3.63, 3.8) is 0 Å². The van der Waals surface area contributed by atoms with Crippen LogP contribution in [-0.2, 0) is 9.59 Å². The van der Waals surface area contributed by atoms with E-state index in [-0.39, 0.29) is 5.91 Å². The van der Waals surface area contributed by atoms with Crippen LogP contribution in [0.1, 0.15) is 72.2 Å². The summed E-state index contributed by atoms with van der Waals surface area (Å²) >= 11 is 0. The molecular weight excluding hydrogens is 673 g/mol. The average Bonchev–Trinajstić information content (AvgIpc) is 3.11. The van der Waals surface area contributed by atoms with E-state index < -0.39 is 5.97 Å². The van der Waals surface area contributed by atoms with Crippen molar-refractivity contribution >= 4 is 29.7 Å². The second-order valence-corrected chi connectivity index (χ2v) is 13.2. The maximum absolute atomic E-state index is 12.0. The van der Waals surface area contributed by atoms with Crippen LogP contribution in [0.3, 0.4) is 0 Å². The van der Waals surface area contributed by atoms with Gasteiger partial charge >= 0.3 is 5.97 Å². The van der Waals surface area contributed by atoms with Gasteiger partial charge in [0.2, 0.25) is 5.91 Å². The first-order valence-electron chi connectivity index (χ1n) is 17.7. The zero-order chi connectivity index (χ0) is 40.4. The van der Waals surface area contributed by atoms with E-state index in [1.54, 1.807) is 57.8 Å². The molecule has 54 heavy (non-hydrogen) atoms. The van der Waals surface area contributed by atoms with E-state index in [9.17, 15) is 9.59 Å². The summed E-state index contributed by atoms with van der Waals surface area (Å²) < 4.78 is 10.8. The first-order valence-corrected chi connectivity index (χ1v) is 17.7. The van der Waals surface area contributed by atoms with Gasteiger partial charge in [-0.05, 0) is 149 Å². The Hall–Kier alpha value is -5.95. The van der Waals surface area contributed by atoms with Crippen LogP contribution < -0.4 is 14.8 Å². The molecule has 1 amide bonds. The molecule has 0 aliphatic carbocycles. The molecule has 284 valence electrons. The number of pyridine rings is 1. The summed E-state index contributed by atoms with van der Waals surface area (Å²) in [7, 11) is 3.39. The van der Waals surface area contributed by atoms with Crippen molar-refractivity contribution in [2.24, 2.45) is 0 Å². The summed E-state index contributed by atoms with van der Waals surface area (Å²) in [5, 5.41) is 11.5. The van der Waals surface area contributed by atoms with E-state index in [1.807, 2.05) is 44.2 Å². The number of aliphatic carboxylic acids is 1. The number of nitrogens with one attached hydrogen (secondary N) is 1. The number of ether oxygens (including phenoxy) is 2. The molecule has 2 aromatic carbocycles. The first-order chi connectivity index (χ1) is 25.6. The lowest BCUT2D eigenvalue weighted by atomic mass is 9.96. The normalized spacial score (nSPS) is 12.8. The van der Waals surface area contributed by atoms with Gasteiger partial charge in [-0.3, -0.25) is 9.78 Å². The number of methoxy groups -OCH3 is 2. The van der Waals surface area contributed by atoms with Crippen molar-refractivity contribution in [2.45, 2.75) is 69.2 Å². The van der Waals surface area contributed by atoms with E-state index in [4.69, 9.17) is 14.6 Å². The summed E-state index contributed by atoms with van der Waals surface area (Å²) in [6, 6.07) is 7.64. The molecule has 0 aliphatic heterocycles. The fraction of sp³-hybridized carbons (Fsp3) is 0.255. The lowest BCUT2D eigenvalue weighted by Crippen LogP contribution is -2.08. The van der Waals surface area contributed by atoms with E-state index in [2.05, 4.69) is 95.2 Å². The van der Waals surface area contributed by atoms with Crippen molar-refractivity contribution in [3.05, 3.63) is 164 Å². The topological polar surface area (TPSA) is 97.8 Å². The number of anilines is 1. The second-order valence-electron chi connectivity index (χ2n) is 13.2. The number of carbonyl (C=O) groups excluding carboxylic acids is 1. The van der Waals surface area contributed by atoms with Crippen LogP contribution in [-0.4, -0.2) is 36.2 Å². The molecule has 0 radical (unpaired) electrons. The molecule has 1 aromatic heterocycles. The highest BCUT2D eigenvalue weighted by Gasteiger charge is 2.09. The lowest BCUT2D eigenvalue weighted by Gasteiger charge is -2.13. The molecule has 7 heteroatoms. The standard InChI is InChI=1S/C26H30N2O2.C21H26O3/c1-18(10-11-24-20(3)17-25(30-6)22(5)21(24)4)8-7-9-19(2)16-26(29)28-23-12-14-27-15-13-23;1-14(8-7-9-15(2)12-21(22)23)10-11-19-16(3)13-20(24-6)18(5)17(19)4/h7-17H,1-6H3,(H,27,28,29);7-13H,1-6H3,(H,22,23)/b9-7+,11-10+,18-8+,19-16+;9-7+,11-10+,14-8+,15-12+. The Balaban J connectivity index is 0.000000383. The summed E-state index contributed by atoms with van der Waals surface area (Å²) in [6.45, 7) is 20.3. The number of hydrogen-bond acceptors (Lipinski definition) is 5. The zero-order valence-corrected chi connectivity index (χ0v) is 33.9. The van der Waals surface area contributed by atoms with Crippen LogP contribution >= 0.6 is 0 Å². The van der Waals surface area contributed by atoms with Crippen LogP contribution in [0.4, 0.5) is 5.69 Å². The third kappa shape index (κ3) is 14.6. The number of benzene rings is 2. The fourth-order valence-corrected chi connectivity index (χ4v) is 5.42. The van der Waals surface area contributed by atoms with Gasteiger partial charge in [0.05, 0.1) is 14.2 Å². The number of amides is 1. The number of carbonyl (C=O) groups is 2. The smallest absolute Gasteiger partial charge is 0.328 e. The zero-order valence-electron chi connectivity index (χ0n) is 33.9. The predicted molar refractivity (Wildman–Crippen MR) is 226 cm³/mol. The van der Waals surface area contributed by atoms with E-state index in [0.29, 0.717) is 5.57 Å². The van der Waals surface area contributed by atoms with Gasteiger partial charge in [-0.15, -0.1) is 0 Å². The highest BCUT2D eigenvalue weighted by atomic mass is 16.5. The van der Waals surface area contributed by atoms with Crippen molar-refractivity contribution in [1.29, 1.82) is 0 Å². The minimum Gasteiger partial charge on any atom is -0.496 e. The van der Waals surface area contributed by atoms with Crippen LogP contribution in [0.15, 0.2) is 120 Å². The van der Waals surface area contributed by atoms with Crippen molar-refractivity contribution in [2.75, 3.05) is 19.5 Å². The Bertz CT molecular complexity index is 2040. The summed E-state index contributed by atoms with van der Waals surface area (Å²) in [4.78, 5) is 26.5. The minimum absolute atomic E-state index is 0.162. The van der Waals surface area contributed by atoms with Crippen LogP contribution in [0.5, 0.6) is 11.5 Å². The molecule has 0 bridgehead atoms. The van der Waals surface area contributed by atoms with Crippen molar-refractivity contribution in [3.8, 4) is 11.5 Å². The largest absolute Gasteiger partial charge is 0.496 e. The second kappa shape index (κ2) is 22.2. The molecule has 0 unspecified atom stereocenters. The Morgan fingerprint density at radius 2 is 1.06 bits per heavy atom. The number of nitrogens with zero attached hydrogens (tertiary/aromatic N) is 1. The number of rotatable bonds is 13. The van der Waals surface area contributed by atoms with Gasteiger partial charge in [-0.25, -0.2) is 4.79 Å². The van der Waals surface area contributed by atoms with Gasteiger partial charge in [0, 0.05) is 30.2 Å². The average molecular weight is 729 g/mol. The molecule has 0 saturated heterocycles. The molecule has 2 N–H and O–H groups in total. The summed E-state index contributed by atoms with van der Waals surface area (Å²) in [6.07, 6.45) is 25.9. The number of aryl methyl sites for hydroxylation is 2. The molecule has 0 spiro atoms. The SMILES string of the molecule is COc1cc(C)c(/C=C/C(C)=C/C=C/C(C)=C/C(=O)Nc2ccncc2)c(C)c1C.COc1cc(C)c(/C=C/C(C)=C/C=C/C(C)=C/C(=O)O)c(C)c1C. The van der Waals surface area contributed by atoms with Crippen LogP contribution in [0, 0.1) is 41.5 Å². The first kappa shape index (κ1) is 44.2. The monoisotopic (exact) mass is 728 g/mol. The third-order valence-electron chi connectivity index (χ3n) is 8.78. The van der Waals surface area contributed by atoms with Gasteiger partial charge in [0.1, 0.15) is 11.5 Å². The molecule has 0 fully saturated rings. The number of hydrogen-bond donors (Lipinski definition) is 2. The number of carboxylic acid groups (broad SMARTS) is 1. The Morgan fingerprint density at radius 1 is 0.630 bits per heavy atom. The lowest BCUT2D eigenvalue weighted by molar-refractivity contribution is -0.131. The van der Waals surface area contributed by atoms with E-state index >= 15 is 0 Å².